The fourth-order valence-electron chi connectivity index (χ4n) is 2.74. The Bertz CT molecular complexity index is 1010. The first kappa shape index (κ1) is 14.9. The van der Waals surface area contributed by atoms with Crippen LogP contribution in [0.25, 0.3) is 21.5 Å². The molecule has 4 nitrogen and oxygen atoms in total. The van der Waals surface area contributed by atoms with Crippen LogP contribution in [0.5, 0.6) is 0 Å². The van der Waals surface area contributed by atoms with Gasteiger partial charge in [-0.05, 0) is 10.8 Å². The van der Waals surface area contributed by atoms with Crippen LogP contribution >= 0.6 is 22.9 Å². The maximum Gasteiger partial charge on any atom is 0.205 e. The highest BCUT2D eigenvalue weighted by Gasteiger charge is 2.10. The predicted octanol–water partition coefficient (Wildman–Crippen LogP) is 5.13. The van der Waals surface area contributed by atoms with Gasteiger partial charge in [-0.1, -0.05) is 60.1 Å². The summed E-state index contributed by atoms with van der Waals surface area (Å²) in [6.07, 6.45) is 1.80. The van der Waals surface area contributed by atoms with E-state index in [2.05, 4.69) is 27.6 Å². The largest absolute Gasteiger partial charge is 0.383 e. The Morgan fingerprint density at radius 2 is 1.58 bits per heavy atom. The molecule has 0 unspecified atom stereocenters. The van der Waals surface area contributed by atoms with Crippen molar-refractivity contribution in [2.24, 2.45) is 5.10 Å². The molecular weight excluding hydrogens is 340 g/mol. The number of nitrogen functional groups attached to an aromatic ring is 1. The Labute approximate surface area is 147 Å². The van der Waals surface area contributed by atoms with Crippen molar-refractivity contribution in [3.05, 3.63) is 64.5 Å². The molecule has 1 aromatic heterocycles. The minimum atomic E-state index is 0.486. The predicted molar refractivity (Wildman–Crippen MR) is 104 cm³/mol. The molecule has 0 bridgehead atoms. The first-order valence-corrected chi connectivity index (χ1v) is 8.59. The minimum absolute atomic E-state index is 0.486. The van der Waals surface area contributed by atoms with Crippen molar-refractivity contribution in [2.45, 2.75) is 0 Å². The summed E-state index contributed by atoms with van der Waals surface area (Å²) in [5, 5.41) is 11.7. The van der Waals surface area contributed by atoms with Gasteiger partial charge in [0.15, 0.2) is 0 Å². The molecule has 0 fully saturated rings. The Hall–Kier alpha value is -2.63. The number of anilines is 2. The highest BCUT2D eigenvalue weighted by molar-refractivity contribution is 7.14. The maximum atomic E-state index is 6.60. The second-order valence-corrected chi connectivity index (χ2v) is 6.50. The lowest BCUT2D eigenvalue weighted by Crippen LogP contribution is -1.94. The van der Waals surface area contributed by atoms with E-state index in [1.54, 1.807) is 11.6 Å². The Morgan fingerprint density at radius 1 is 1.00 bits per heavy atom. The van der Waals surface area contributed by atoms with Crippen LogP contribution in [0.15, 0.2) is 59.0 Å². The van der Waals surface area contributed by atoms with E-state index in [1.165, 1.54) is 11.3 Å². The van der Waals surface area contributed by atoms with E-state index in [-0.39, 0.29) is 0 Å². The van der Waals surface area contributed by atoms with Crippen molar-refractivity contribution in [3.63, 3.8) is 0 Å². The number of hydrazone groups is 1. The van der Waals surface area contributed by atoms with Gasteiger partial charge < -0.3 is 5.73 Å². The quantitative estimate of drug-likeness (QED) is 0.305. The number of nitrogens with one attached hydrogen (secondary N) is 1. The van der Waals surface area contributed by atoms with E-state index < -0.39 is 0 Å². The molecule has 0 saturated heterocycles. The minimum Gasteiger partial charge on any atom is -0.383 e. The van der Waals surface area contributed by atoms with Crippen molar-refractivity contribution in [1.29, 1.82) is 0 Å². The number of hydrogen-bond donors (Lipinski definition) is 2. The first-order valence-electron chi connectivity index (χ1n) is 7.33. The van der Waals surface area contributed by atoms with Gasteiger partial charge in [-0.15, -0.1) is 11.3 Å². The van der Waals surface area contributed by atoms with Gasteiger partial charge in [0.05, 0.1) is 11.2 Å². The van der Waals surface area contributed by atoms with Gasteiger partial charge in [0.1, 0.15) is 5.82 Å². The fraction of sp³-hybridized carbons (Fsp3) is 0. The topological polar surface area (TPSA) is 63.3 Å². The van der Waals surface area contributed by atoms with E-state index in [0.29, 0.717) is 10.9 Å². The molecule has 0 aliphatic carbocycles. The van der Waals surface area contributed by atoms with E-state index in [4.69, 9.17) is 17.3 Å². The molecule has 0 spiro atoms. The highest BCUT2D eigenvalue weighted by Crippen LogP contribution is 2.35. The normalized spacial score (nSPS) is 11.5. The number of halogens is 1. The second-order valence-electron chi connectivity index (χ2n) is 5.27. The molecule has 118 valence electrons. The molecule has 4 aromatic rings. The van der Waals surface area contributed by atoms with Crippen LogP contribution in [0, 0.1) is 0 Å². The summed E-state index contributed by atoms with van der Waals surface area (Å²) in [5.74, 6) is 0.486. The molecule has 0 saturated carbocycles. The average molecular weight is 353 g/mol. The number of aromatic nitrogens is 1. The molecule has 0 amide bonds. The monoisotopic (exact) mass is 352 g/mol. The third-order valence-electron chi connectivity index (χ3n) is 3.78. The molecule has 6 heteroatoms. The molecule has 1 heterocycles. The van der Waals surface area contributed by atoms with Gasteiger partial charge in [-0.3, -0.25) is 5.43 Å². The van der Waals surface area contributed by atoms with Crippen molar-refractivity contribution in [2.75, 3.05) is 11.2 Å². The zero-order valence-corrected chi connectivity index (χ0v) is 14.1. The van der Waals surface area contributed by atoms with Gasteiger partial charge in [-0.25, -0.2) is 4.98 Å². The van der Waals surface area contributed by atoms with E-state index in [1.807, 2.05) is 36.4 Å². The molecule has 24 heavy (non-hydrogen) atoms. The number of nitrogens with two attached hydrogens (primary N) is 1. The van der Waals surface area contributed by atoms with Crippen LogP contribution in [0.4, 0.5) is 10.9 Å². The number of nitrogens with zero attached hydrogens (tertiary/aromatic N) is 2. The molecule has 0 aliphatic heterocycles. The van der Waals surface area contributed by atoms with Crippen molar-refractivity contribution in [1.82, 2.24) is 4.98 Å². The van der Waals surface area contributed by atoms with Crippen LogP contribution in [-0.4, -0.2) is 11.2 Å². The Kier molecular flexibility index (Phi) is 3.80. The third kappa shape index (κ3) is 2.58. The van der Waals surface area contributed by atoms with Gasteiger partial charge in [-0.2, -0.15) is 5.10 Å². The second kappa shape index (κ2) is 6.11. The number of thiazole rings is 1. The van der Waals surface area contributed by atoms with Crippen molar-refractivity contribution >= 4 is 61.6 Å². The van der Waals surface area contributed by atoms with Crippen molar-refractivity contribution < 1.29 is 0 Å². The average Bonchev–Trinajstić information content (AvgIpc) is 3.03. The van der Waals surface area contributed by atoms with Gasteiger partial charge >= 0.3 is 0 Å². The molecular formula is C18H13ClN4S. The fourth-order valence-corrected chi connectivity index (χ4v) is 3.62. The van der Waals surface area contributed by atoms with Gasteiger partial charge in [0.2, 0.25) is 5.13 Å². The van der Waals surface area contributed by atoms with E-state index in [9.17, 15) is 0 Å². The smallest absolute Gasteiger partial charge is 0.205 e. The zero-order chi connectivity index (χ0) is 16.5. The summed E-state index contributed by atoms with van der Waals surface area (Å²) in [4.78, 5) is 4.13. The van der Waals surface area contributed by atoms with Gasteiger partial charge in [0.25, 0.3) is 0 Å². The summed E-state index contributed by atoms with van der Waals surface area (Å²) >= 11 is 8.01. The molecule has 0 atom stereocenters. The van der Waals surface area contributed by atoms with Crippen molar-refractivity contribution in [3.8, 4) is 0 Å². The lowest BCUT2D eigenvalue weighted by atomic mass is 9.97. The molecule has 3 N–H and O–H groups in total. The number of benzene rings is 3. The molecule has 4 rings (SSSR count). The van der Waals surface area contributed by atoms with Crippen LogP contribution in [0.2, 0.25) is 5.02 Å². The highest BCUT2D eigenvalue weighted by atomic mass is 35.5. The number of hydrogen-bond acceptors (Lipinski definition) is 5. The van der Waals surface area contributed by atoms with Crippen LogP contribution < -0.4 is 11.2 Å². The standard InChI is InChI=1S/C18H13ClN4S/c19-17-13-7-3-1-5-11(13)15(12-6-2-4-8-14(12)17)9-21-23-18-22-16(20)10-24-18/h1-10H,20H2,(H,22,23). The summed E-state index contributed by atoms with van der Waals surface area (Å²) in [7, 11) is 0. The third-order valence-corrected chi connectivity index (χ3v) is 4.96. The summed E-state index contributed by atoms with van der Waals surface area (Å²) in [6, 6.07) is 16.1. The maximum absolute atomic E-state index is 6.60. The Balaban J connectivity index is 1.87. The van der Waals surface area contributed by atoms with Crippen LogP contribution in [-0.2, 0) is 0 Å². The number of fused-ring (bicyclic) bond motifs is 2. The van der Waals surface area contributed by atoms with Crippen LogP contribution in [0.1, 0.15) is 5.56 Å². The molecule has 3 aromatic carbocycles. The zero-order valence-electron chi connectivity index (χ0n) is 12.5. The first-order chi connectivity index (χ1) is 11.7. The lowest BCUT2D eigenvalue weighted by molar-refractivity contribution is 1.29. The van der Waals surface area contributed by atoms with E-state index in [0.717, 1.165) is 32.1 Å². The molecule has 0 radical (unpaired) electrons. The summed E-state index contributed by atoms with van der Waals surface area (Å²) in [6.45, 7) is 0. The van der Waals surface area contributed by atoms with Gasteiger partial charge in [0, 0.05) is 21.7 Å². The summed E-state index contributed by atoms with van der Waals surface area (Å²) in [5.41, 5.74) is 9.56. The number of rotatable bonds is 3. The SMILES string of the molecule is Nc1csc(NN=Cc2c3ccccc3c(Cl)c3ccccc23)n1. The van der Waals surface area contributed by atoms with Crippen LogP contribution in [0.3, 0.4) is 0 Å². The Morgan fingerprint density at radius 3 is 2.12 bits per heavy atom. The lowest BCUT2D eigenvalue weighted by Gasteiger charge is -2.10. The summed E-state index contributed by atoms with van der Waals surface area (Å²) < 4.78 is 0. The van der Waals surface area contributed by atoms with E-state index >= 15 is 0 Å². The molecule has 0 aliphatic rings.